The molecule has 2 aliphatic carbocycles. The Balaban J connectivity index is 0.949. The summed E-state index contributed by atoms with van der Waals surface area (Å²) in [6, 6.07) is 10.1. The third-order valence-electron chi connectivity index (χ3n) is 8.14. The molecule has 6 rings (SSSR count). The Hall–Kier alpha value is -3.43. The SMILES string of the molecule is Cc1ncoc1COc1ccc2c(c1)CCN(CC(O)CNC(=O)c1ccnc(NC3CC4(CC4)C3)c1)C2. The van der Waals surface area contributed by atoms with Crippen LogP contribution in [0.4, 0.5) is 5.82 Å². The predicted molar refractivity (Wildman–Crippen MR) is 142 cm³/mol. The number of aromatic nitrogens is 2. The van der Waals surface area contributed by atoms with E-state index in [2.05, 4.69) is 37.6 Å². The van der Waals surface area contributed by atoms with Gasteiger partial charge in [-0.15, -0.1) is 0 Å². The Morgan fingerprint density at radius 2 is 2.11 bits per heavy atom. The van der Waals surface area contributed by atoms with Gasteiger partial charge in [0.15, 0.2) is 12.2 Å². The molecule has 3 heterocycles. The standard InChI is InChI=1S/C29H35N5O4/c1-19-26(38-18-32-19)17-37-25-3-2-22-15-34(9-5-20(22)10-25)16-24(35)14-31-28(36)21-4-8-30-27(11-21)33-23-12-29(13-23)6-7-29/h2-4,8,10-11,18,23-24,35H,5-7,9,12-17H2,1H3,(H,30,33)(H,31,36). The number of amides is 1. The summed E-state index contributed by atoms with van der Waals surface area (Å²) in [5.41, 5.74) is 4.50. The zero-order valence-electron chi connectivity index (χ0n) is 21.8. The van der Waals surface area contributed by atoms with Gasteiger partial charge in [0.25, 0.3) is 5.91 Å². The number of pyridine rings is 1. The first-order valence-electron chi connectivity index (χ1n) is 13.5. The molecule has 0 radical (unpaired) electrons. The number of ether oxygens (including phenoxy) is 1. The molecular formula is C29H35N5O4. The maximum absolute atomic E-state index is 12.7. The molecule has 1 unspecified atom stereocenters. The van der Waals surface area contributed by atoms with Gasteiger partial charge in [0.2, 0.25) is 0 Å². The lowest BCUT2D eigenvalue weighted by Crippen LogP contribution is -2.42. The summed E-state index contributed by atoms with van der Waals surface area (Å²) in [5, 5.41) is 17.0. The second kappa shape index (κ2) is 10.4. The number of aliphatic hydroxyl groups is 1. The van der Waals surface area contributed by atoms with Gasteiger partial charge in [-0.2, -0.15) is 0 Å². The Morgan fingerprint density at radius 3 is 2.89 bits per heavy atom. The van der Waals surface area contributed by atoms with Crippen LogP contribution in [0, 0.1) is 12.3 Å². The van der Waals surface area contributed by atoms with Crippen molar-refractivity contribution in [3.63, 3.8) is 0 Å². The minimum Gasteiger partial charge on any atom is -0.486 e. The van der Waals surface area contributed by atoms with Gasteiger partial charge in [-0.3, -0.25) is 9.69 Å². The number of aryl methyl sites for hydroxylation is 1. The molecule has 2 saturated carbocycles. The third kappa shape index (κ3) is 5.68. The normalized spacial score (nSPS) is 18.9. The molecule has 2 aromatic heterocycles. The number of carbonyl (C=O) groups excluding carboxylic acids is 1. The summed E-state index contributed by atoms with van der Waals surface area (Å²) in [5.74, 6) is 2.09. The average Bonchev–Trinajstić information content (AvgIpc) is 3.59. The highest BCUT2D eigenvalue weighted by Gasteiger charge is 2.52. The largest absolute Gasteiger partial charge is 0.486 e. The molecule has 0 bridgehead atoms. The summed E-state index contributed by atoms with van der Waals surface area (Å²) in [6.07, 6.45) is 8.44. The van der Waals surface area contributed by atoms with Gasteiger partial charge in [0, 0.05) is 44.0 Å². The lowest BCUT2D eigenvalue weighted by atomic mass is 9.77. The number of nitrogens with zero attached hydrogens (tertiary/aromatic N) is 3. The fourth-order valence-corrected chi connectivity index (χ4v) is 5.65. The molecule has 1 atom stereocenters. The molecule has 2 fully saturated rings. The number of fused-ring (bicyclic) bond motifs is 1. The predicted octanol–water partition coefficient (Wildman–Crippen LogP) is 3.46. The number of oxazole rings is 1. The highest BCUT2D eigenvalue weighted by molar-refractivity contribution is 5.94. The van der Waals surface area contributed by atoms with E-state index in [9.17, 15) is 9.90 Å². The van der Waals surface area contributed by atoms with Gasteiger partial charge in [-0.1, -0.05) is 6.07 Å². The molecule has 9 nitrogen and oxygen atoms in total. The smallest absolute Gasteiger partial charge is 0.251 e. The van der Waals surface area contributed by atoms with Gasteiger partial charge in [-0.25, -0.2) is 9.97 Å². The van der Waals surface area contributed by atoms with Crippen LogP contribution < -0.4 is 15.4 Å². The number of carbonyl (C=O) groups is 1. The lowest BCUT2D eigenvalue weighted by molar-refractivity contribution is 0.0841. The Kier molecular flexibility index (Phi) is 6.80. The van der Waals surface area contributed by atoms with Crippen molar-refractivity contribution in [3.05, 3.63) is 71.1 Å². The third-order valence-corrected chi connectivity index (χ3v) is 8.14. The van der Waals surface area contributed by atoms with Gasteiger partial charge < -0.3 is 24.9 Å². The summed E-state index contributed by atoms with van der Waals surface area (Å²) in [6.45, 7) is 4.54. The molecular weight excluding hydrogens is 482 g/mol. The second-order valence-electron chi connectivity index (χ2n) is 11.1. The monoisotopic (exact) mass is 517 g/mol. The number of rotatable bonds is 10. The highest BCUT2D eigenvalue weighted by atomic mass is 16.5. The number of hydrogen-bond donors (Lipinski definition) is 3. The molecule has 9 heteroatoms. The van der Waals surface area contributed by atoms with Crippen LogP contribution in [-0.2, 0) is 19.6 Å². The van der Waals surface area contributed by atoms with Crippen molar-refractivity contribution in [1.82, 2.24) is 20.2 Å². The summed E-state index contributed by atoms with van der Waals surface area (Å²) in [4.78, 5) is 23.4. The molecule has 1 aromatic carbocycles. The number of hydrogen-bond acceptors (Lipinski definition) is 8. The molecule has 1 aliphatic heterocycles. The number of β-amino-alcohol motifs (C(OH)–C–C–N with tert-alkyl or cyclic N) is 1. The van der Waals surface area contributed by atoms with E-state index in [4.69, 9.17) is 9.15 Å². The van der Waals surface area contributed by atoms with E-state index in [-0.39, 0.29) is 12.5 Å². The van der Waals surface area contributed by atoms with Crippen molar-refractivity contribution >= 4 is 11.7 Å². The van der Waals surface area contributed by atoms with E-state index in [1.807, 2.05) is 13.0 Å². The average molecular weight is 518 g/mol. The molecule has 0 saturated heterocycles. The molecule has 1 amide bonds. The van der Waals surface area contributed by atoms with Crippen molar-refractivity contribution in [2.75, 3.05) is 25.0 Å². The number of nitrogens with one attached hydrogen (secondary N) is 2. The molecule has 200 valence electrons. The van der Waals surface area contributed by atoms with Crippen molar-refractivity contribution in [2.24, 2.45) is 5.41 Å². The first-order valence-corrected chi connectivity index (χ1v) is 13.5. The topological polar surface area (TPSA) is 113 Å². The van der Waals surface area contributed by atoms with Crippen LogP contribution in [0.15, 0.2) is 47.3 Å². The summed E-state index contributed by atoms with van der Waals surface area (Å²) in [7, 11) is 0. The van der Waals surface area contributed by atoms with E-state index < -0.39 is 6.10 Å². The van der Waals surface area contributed by atoms with Crippen LogP contribution in [0.5, 0.6) is 5.75 Å². The van der Waals surface area contributed by atoms with E-state index in [0.717, 1.165) is 42.5 Å². The van der Waals surface area contributed by atoms with Crippen LogP contribution >= 0.6 is 0 Å². The lowest BCUT2D eigenvalue weighted by Gasteiger charge is -2.36. The van der Waals surface area contributed by atoms with Crippen molar-refractivity contribution in [2.45, 2.75) is 64.3 Å². The van der Waals surface area contributed by atoms with Gasteiger partial charge >= 0.3 is 0 Å². The second-order valence-corrected chi connectivity index (χ2v) is 11.1. The summed E-state index contributed by atoms with van der Waals surface area (Å²) < 4.78 is 11.2. The Morgan fingerprint density at radius 1 is 1.24 bits per heavy atom. The molecule has 3 aromatic rings. The first kappa shape index (κ1) is 24.9. The maximum atomic E-state index is 12.7. The first-order chi connectivity index (χ1) is 18.4. The maximum Gasteiger partial charge on any atom is 0.251 e. The van der Waals surface area contributed by atoms with Gasteiger partial charge in [0.1, 0.15) is 18.2 Å². The summed E-state index contributed by atoms with van der Waals surface area (Å²) >= 11 is 0. The van der Waals surface area contributed by atoms with E-state index in [1.54, 1.807) is 18.3 Å². The molecule has 38 heavy (non-hydrogen) atoms. The van der Waals surface area contributed by atoms with Crippen molar-refractivity contribution in [1.29, 1.82) is 0 Å². The minimum absolute atomic E-state index is 0.196. The fraction of sp³-hybridized carbons (Fsp3) is 0.483. The Labute approximate surface area is 222 Å². The van der Waals surface area contributed by atoms with Gasteiger partial charge in [-0.05, 0) is 79.8 Å². The number of anilines is 1. The van der Waals surface area contributed by atoms with Crippen LogP contribution in [0.2, 0.25) is 0 Å². The van der Waals surface area contributed by atoms with E-state index in [0.29, 0.717) is 30.2 Å². The van der Waals surface area contributed by atoms with Crippen LogP contribution in [0.3, 0.4) is 0 Å². The quantitative estimate of drug-likeness (QED) is 0.375. The van der Waals surface area contributed by atoms with Crippen molar-refractivity contribution in [3.8, 4) is 5.75 Å². The molecule has 3 N–H and O–H groups in total. The number of benzene rings is 1. The number of aliphatic hydroxyl groups excluding tert-OH is 1. The Bertz CT molecular complexity index is 1300. The minimum atomic E-state index is -0.655. The van der Waals surface area contributed by atoms with Crippen LogP contribution in [0.1, 0.15) is 58.6 Å². The highest BCUT2D eigenvalue weighted by Crippen LogP contribution is 2.61. The zero-order valence-corrected chi connectivity index (χ0v) is 21.8. The molecule has 1 spiro atoms. The van der Waals surface area contributed by atoms with Crippen LogP contribution in [-0.4, -0.2) is 57.7 Å². The molecule has 3 aliphatic rings. The van der Waals surface area contributed by atoms with Gasteiger partial charge in [0.05, 0.1) is 11.8 Å². The van der Waals surface area contributed by atoms with E-state index in [1.165, 1.54) is 43.2 Å². The van der Waals surface area contributed by atoms with Crippen molar-refractivity contribution < 1.29 is 19.1 Å². The van der Waals surface area contributed by atoms with E-state index >= 15 is 0 Å². The van der Waals surface area contributed by atoms with Crippen LogP contribution in [0.25, 0.3) is 0 Å². The fourth-order valence-electron chi connectivity index (χ4n) is 5.65. The zero-order chi connectivity index (χ0) is 26.1.